The Bertz CT molecular complexity index is 670. The molecule has 7 nitrogen and oxygen atoms in total. The predicted molar refractivity (Wildman–Crippen MR) is 87.5 cm³/mol. The molecule has 3 heterocycles. The molecule has 0 amide bonds. The summed E-state index contributed by atoms with van der Waals surface area (Å²) in [6, 6.07) is 4.07. The zero-order valence-electron chi connectivity index (χ0n) is 13.7. The molecule has 0 spiro atoms. The molecule has 3 rings (SSSR count). The molecule has 0 saturated carbocycles. The molecule has 2 aromatic heterocycles. The van der Waals surface area contributed by atoms with Crippen LogP contribution < -0.4 is 5.73 Å². The maximum atomic E-state index is 11.0. The summed E-state index contributed by atoms with van der Waals surface area (Å²) in [5, 5.41) is 19.4. The fourth-order valence-corrected chi connectivity index (χ4v) is 3.06. The normalized spacial score (nSPS) is 22.6. The van der Waals surface area contributed by atoms with E-state index in [1.165, 1.54) is 0 Å². The number of nitrogens with zero attached hydrogens (tertiary/aromatic N) is 5. The number of pyridine rings is 1. The highest BCUT2D eigenvalue weighted by Gasteiger charge is 2.37. The molecular formula is C16H24N6O. The minimum absolute atomic E-state index is 0.235. The summed E-state index contributed by atoms with van der Waals surface area (Å²) in [4.78, 5) is 6.25. The lowest BCUT2D eigenvalue weighted by Gasteiger charge is -2.38. The van der Waals surface area contributed by atoms with Crippen LogP contribution in [0.5, 0.6) is 0 Å². The molecule has 1 unspecified atom stereocenters. The molecule has 3 N–H and O–H groups in total. The van der Waals surface area contributed by atoms with Crippen molar-refractivity contribution in [3.05, 3.63) is 35.8 Å². The van der Waals surface area contributed by atoms with Crippen molar-refractivity contribution < 1.29 is 5.11 Å². The standard InChI is InChI=1S/C16H24N6O/c1-12(2)22-10-14(19-20-22)16(23)5-3-7-21(11-16)9-13-4-6-18-15(17)8-13/h4,6,8,10,12,23H,3,5,7,9,11H2,1-2H3,(H2,17,18). The second kappa shape index (κ2) is 6.25. The van der Waals surface area contributed by atoms with E-state index in [0.29, 0.717) is 24.5 Å². The van der Waals surface area contributed by atoms with E-state index in [-0.39, 0.29) is 6.04 Å². The average molecular weight is 316 g/mol. The smallest absolute Gasteiger partial charge is 0.123 e. The molecule has 1 aliphatic heterocycles. The molecular weight excluding hydrogens is 292 g/mol. The number of likely N-dealkylation sites (tertiary alicyclic amines) is 1. The van der Waals surface area contributed by atoms with Gasteiger partial charge in [-0.15, -0.1) is 5.10 Å². The van der Waals surface area contributed by atoms with E-state index in [1.54, 1.807) is 10.9 Å². The predicted octanol–water partition coefficient (Wildman–Crippen LogP) is 1.32. The summed E-state index contributed by atoms with van der Waals surface area (Å²) in [7, 11) is 0. The van der Waals surface area contributed by atoms with Gasteiger partial charge in [0, 0.05) is 25.3 Å². The molecule has 23 heavy (non-hydrogen) atoms. The van der Waals surface area contributed by atoms with E-state index in [1.807, 2.05) is 32.2 Å². The first-order valence-corrected chi connectivity index (χ1v) is 8.04. The maximum Gasteiger partial charge on any atom is 0.123 e. The zero-order chi connectivity index (χ0) is 16.4. The number of β-amino-alcohol motifs (C(OH)–C–C–N with tert-alkyl or cyclic N) is 1. The maximum absolute atomic E-state index is 11.0. The van der Waals surface area contributed by atoms with Gasteiger partial charge < -0.3 is 10.8 Å². The minimum Gasteiger partial charge on any atom is -0.384 e. The Balaban J connectivity index is 1.73. The lowest BCUT2D eigenvalue weighted by atomic mass is 9.90. The molecule has 124 valence electrons. The summed E-state index contributed by atoms with van der Waals surface area (Å²) >= 11 is 0. The number of nitrogen functional groups attached to an aromatic ring is 1. The number of hydrogen-bond donors (Lipinski definition) is 2. The van der Waals surface area contributed by atoms with Crippen LogP contribution in [0.3, 0.4) is 0 Å². The van der Waals surface area contributed by atoms with Gasteiger partial charge >= 0.3 is 0 Å². The first-order chi connectivity index (χ1) is 11.0. The van der Waals surface area contributed by atoms with Gasteiger partial charge in [0.15, 0.2) is 0 Å². The Morgan fingerprint density at radius 1 is 1.43 bits per heavy atom. The van der Waals surface area contributed by atoms with E-state index in [2.05, 4.69) is 20.2 Å². The van der Waals surface area contributed by atoms with Crippen molar-refractivity contribution in [2.45, 2.75) is 44.9 Å². The molecule has 1 fully saturated rings. The molecule has 1 atom stereocenters. The van der Waals surface area contributed by atoms with Crippen molar-refractivity contribution in [1.82, 2.24) is 24.9 Å². The van der Waals surface area contributed by atoms with Gasteiger partial charge in [0.1, 0.15) is 17.1 Å². The minimum atomic E-state index is -0.941. The van der Waals surface area contributed by atoms with E-state index < -0.39 is 5.60 Å². The number of nitrogens with two attached hydrogens (primary N) is 1. The van der Waals surface area contributed by atoms with E-state index in [0.717, 1.165) is 25.1 Å². The third kappa shape index (κ3) is 3.51. The SMILES string of the molecule is CC(C)n1cc(C2(O)CCCN(Cc3ccnc(N)c3)C2)nn1. The molecule has 7 heteroatoms. The van der Waals surface area contributed by atoms with Gasteiger partial charge in [-0.05, 0) is 50.9 Å². The second-order valence-electron chi connectivity index (χ2n) is 6.61. The summed E-state index contributed by atoms with van der Waals surface area (Å²) < 4.78 is 1.79. The first kappa shape index (κ1) is 15.9. The van der Waals surface area contributed by atoms with Gasteiger partial charge in [0.05, 0.1) is 6.20 Å². The Morgan fingerprint density at radius 3 is 2.96 bits per heavy atom. The highest BCUT2D eigenvalue weighted by molar-refractivity contribution is 5.31. The number of aromatic nitrogens is 4. The fraction of sp³-hybridized carbons (Fsp3) is 0.562. The van der Waals surface area contributed by atoms with E-state index in [9.17, 15) is 5.11 Å². The van der Waals surface area contributed by atoms with Gasteiger partial charge in [-0.2, -0.15) is 0 Å². The van der Waals surface area contributed by atoms with E-state index in [4.69, 9.17) is 5.73 Å². The Kier molecular flexibility index (Phi) is 4.32. The Hall–Kier alpha value is -1.99. The molecule has 0 aliphatic carbocycles. The lowest BCUT2D eigenvalue weighted by Crippen LogP contribution is -2.45. The molecule has 0 radical (unpaired) electrons. The van der Waals surface area contributed by atoms with Gasteiger partial charge in [-0.25, -0.2) is 9.67 Å². The Morgan fingerprint density at radius 2 is 2.26 bits per heavy atom. The highest BCUT2D eigenvalue weighted by atomic mass is 16.3. The summed E-state index contributed by atoms with van der Waals surface area (Å²) in [6.45, 7) is 6.33. The topological polar surface area (TPSA) is 93.1 Å². The number of hydrogen-bond acceptors (Lipinski definition) is 6. The molecule has 0 bridgehead atoms. The number of anilines is 1. The lowest BCUT2D eigenvalue weighted by molar-refractivity contribution is -0.0414. The number of aliphatic hydroxyl groups is 1. The van der Waals surface area contributed by atoms with Gasteiger partial charge in [0.2, 0.25) is 0 Å². The molecule has 0 aromatic carbocycles. The summed E-state index contributed by atoms with van der Waals surface area (Å²) in [5.41, 5.74) is 6.56. The zero-order valence-corrected chi connectivity index (χ0v) is 13.7. The third-order valence-corrected chi connectivity index (χ3v) is 4.32. The fourth-order valence-electron chi connectivity index (χ4n) is 3.06. The van der Waals surface area contributed by atoms with Crippen molar-refractivity contribution in [1.29, 1.82) is 0 Å². The van der Waals surface area contributed by atoms with Crippen molar-refractivity contribution in [3.8, 4) is 0 Å². The molecule has 1 aliphatic rings. The second-order valence-corrected chi connectivity index (χ2v) is 6.61. The third-order valence-electron chi connectivity index (χ3n) is 4.32. The van der Waals surface area contributed by atoms with Crippen molar-refractivity contribution in [3.63, 3.8) is 0 Å². The van der Waals surface area contributed by atoms with Crippen LogP contribution in [0.2, 0.25) is 0 Å². The van der Waals surface area contributed by atoms with Crippen molar-refractivity contribution in [2.24, 2.45) is 0 Å². The molecule has 2 aromatic rings. The van der Waals surface area contributed by atoms with Crippen LogP contribution in [0.25, 0.3) is 0 Å². The number of rotatable bonds is 4. The summed E-state index contributed by atoms with van der Waals surface area (Å²) in [6.07, 6.45) is 5.21. The largest absolute Gasteiger partial charge is 0.384 e. The van der Waals surface area contributed by atoms with Gasteiger partial charge in [-0.1, -0.05) is 5.21 Å². The van der Waals surface area contributed by atoms with E-state index >= 15 is 0 Å². The molecule has 1 saturated heterocycles. The number of piperidine rings is 1. The van der Waals surface area contributed by atoms with Crippen LogP contribution in [0.1, 0.15) is 44.0 Å². The van der Waals surface area contributed by atoms with Crippen LogP contribution in [0, 0.1) is 0 Å². The van der Waals surface area contributed by atoms with Crippen molar-refractivity contribution >= 4 is 5.82 Å². The van der Waals surface area contributed by atoms with Gasteiger partial charge in [0.25, 0.3) is 0 Å². The highest BCUT2D eigenvalue weighted by Crippen LogP contribution is 2.31. The monoisotopic (exact) mass is 316 g/mol. The quantitative estimate of drug-likeness (QED) is 0.883. The van der Waals surface area contributed by atoms with Crippen molar-refractivity contribution in [2.75, 3.05) is 18.8 Å². The summed E-state index contributed by atoms with van der Waals surface area (Å²) in [5.74, 6) is 0.523. The van der Waals surface area contributed by atoms with Crippen LogP contribution in [-0.4, -0.2) is 43.1 Å². The first-order valence-electron chi connectivity index (χ1n) is 8.04. The average Bonchev–Trinajstić information content (AvgIpc) is 2.98. The Labute approximate surface area is 136 Å². The van der Waals surface area contributed by atoms with Crippen LogP contribution in [-0.2, 0) is 12.1 Å². The van der Waals surface area contributed by atoms with Gasteiger partial charge in [-0.3, -0.25) is 4.90 Å². The van der Waals surface area contributed by atoms with Crippen LogP contribution >= 0.6 is 0 Å². The van der Waals surface area contributed by atoms with Crippen LogP contribution in [0.4, 0.5) is 5.82 Å². The van der Waals surface area contributed by atoms with Crippen LogP contribution in [0.15, 0.2) is 24.5 Å².